The minimum atomic E-state index is -0.976. The molecule has 1 N–H and O–H groups in total. The monoisotopic (exact) mass is 259 g/mol. The van der Waals surface area contributed by atoms with Gasteiger partial charge in [0.1, 0.15) is 0 Å². The predicted molar refractivity (Wildman–Crippen MR) is 68.3 cm³/mol. The summed E-state index contributed by atoms with van der Waals surface area (Å²) in [7, 11) is 1.62. The molecule has 5 heteroatoms. The van der Waals surface area contributed by atoms with Crippen molar-refractivity contribution in [1.82, 2.24) is 4.90 Å². The summed E-state index contributed by atoms with van der Waals surface area (Å²) >= 11 is 0. The first kappa shape index (κ1) is 15.4. The first-order chi connectivity index (χ1) is 8.13. The van der Waals surface area contributed by atoms with E-state index < -0.39 is 5.60 Å². The molecule has 0 unspecified atom stereocenters. The Bertz CT molecular complexity index is 296. The van der Waals surface area contributed by atoms with Gasteiger partial charge in [0.25, 0.3) is 0 Å². The number of hydrogen-bond donors (Lipinski definition) is 1. The molecule has 1 atom stereocenters. The summed E-state index contributed by atoms with van der Waals surface area (Å²) in [5.41, 5.74) is -1.35. The topological polar surface area (TPSA) is 59.0 Å². The lowest BCUT2D eigenvalue weighted by atomic mass is 10.0. The van der Waals surface area contributed by atoms with Gasteiger partial charge in [-0.3, -0.25) is 4.79 Å². The van der Waals surface area contributed by atoms with Gasteiger partial charge in [-0.2, -0.15) is 0 Å². The molecule has 0 radical (unpaired) electrons. The number of rotatable bonds is 4. The zero-order valence-electron chi connectivity index (χ0n) is 12.0. The summed E-state index contributed by atoms with van der Waals surface area (Å²) in [6.07, 6.45) is 0.0208. The maximum atomic E-state index is 12.1. The summed E-state index contributed by atoms with van der Waals surface area (Å²) in [5, 5.41) is 9.71. The molecule has 1 heterocycles. The fraction of sp³-hybridized carbons (Fsp3) is 0.923. The highest BCUT2D eigenvalue weighted by atomic mass is 16.5. The largest absolute Gasteiger partial charge is 0.390 e. The molecule has 1 aliphatic rings. The number of carbonyl (C=O) groups is 1. The predicted octanol–water partition coefficient (Wildman–Crippen LogP) is 0.800. The lowest BCUT2D eigenvalue weighted by molar-refractivity contribution is -0.171. The van der Waals surface area contributed by atoms with Crippen LogP contribution >= 0.6 is 0 Å². The number of amides is 1. The van der Waals surface area contributed by atoms with Gasteiger partial charge in [0, 0.05) is 20.2 Å². The van der Waals surface area contributed by atoms with Crippen molar-refractivity contribution in [3.05, 3.63) is 0 Å². The quantitative estimate of drug-likeness (QED) is 0.811. The van der Waals surface area contributed by atoms with Crippen LogP contribution in [0.25, 0.3) is 0 Å². The summed E-state index contributed by atoms with van der Waals surface area (Å²) in [4.78, 5) is 13.9. The maximum absolute atomic E-state index is 12.1. The molecule has 1 saturated heterocycles. The summed E-state index contributed by atoms with van der Waals surface area (Å²) in [5.74, 6) is -0.0417. The molecule has 106 valence electrons. The average molecular weight is 259 g/mol. The van der Waals surface area contributed by atoms with E-state index in [2.05, 4.69) is 0 Å². The van der Waals surface area contributed by atoms with Crippen LogP contribution in [0.15, 0.2) is 0 Å². The van der Waals surface area contributed by atoms with Crippen LogP contribution in [0.3, 0.4) is 0 Å². The molecular weight excluding hydrogens is 234 g/mol. The van der Waals surface area contributed by atoms with E-state index in [0.29, 0.717) is 19.7 Å². The molecule has 0 saturated carbocycles. The summed E-state index contributed by atoms with van der Waals surface area (Å²) in [6, 6.07) is 0. The highest BCUT2D eigenvalue weighted by molar-refractivity contribution is 5.77. The fourth-order valence-electron chi connectivity index (χ4n) is 2.24. The van der Waals surface area contributed by atoms with Gasteiger partial charge in [-0.05, 0) is 27.7 Å². The van der Waals surface area contributed by atoms with Crippen molar-refractivity contribution < 1.29 is 19.4 Å². The third kappa shape index (κ3) is 4.92. The van der Waals surface area contributed by atoms with Crippen LogP contribution < -0.4 is 0 Å². The van der Waals surface area contributed by atoms with E-state index >= 15 is 0 Å². The van der Waals surface area contributed by atoms with Gasteiger partial charge in [-0.15, -0.1) is 0 Å². The van der Waals surface area contributed by atoms with Crippen molar-refractivity contribution in [3.63, 3.8) is 0 Å². The van der Waals surface area contributed by atoms with Crippen molar-refractivity contribution >= 4 is 5.91 Å². The molecule has 5 nitrogen and oxygen atoms in total. The number of methoxy groups -OCH3 is 1. The Morgan fingerprint density at radius 3 is 2.67 bits per heavy atom. The molecular formula is C13H25NO4. The Kier molecular flexibility index (Phi) is 4.75. The van der Waals surface area contributed by atoms with Crippen LogP contribution in [0.1, 0.15) is 34.1 Å². The van der Waals surface area contributed by atoms with Gasteiger partial charge in [0.2, 0.25) is 5.91 Å². The number of morpholine rings is 1. The highest BCUT2D eigenvalue weighted by Crippen LogP contribution is 2.23. The first-order valence-electron chi connectivity index (χ1n) is 6.30. The zero-order chi connectivity index (χ0) is 14.0. The number of carbonyl (C=O) groups excluding carboxylic acids is 1. The smallest absolute Gasteiger partial charge is 0.225 e. The molecule has 0 aromatic rings. The Hall–Kier alpha value is -0.650. The summed E-state index contributed by atoms with van der Waals surface area (Å²) < 4.78 is 10.9. The first-order valence-corrected chi connectivity index (χ1v) is 6.30. The molecule has 1 aliphatic heterocycles. The second kappa shape index (κ2) is 5.55. The SMILES string of the molecule is COC[C@@H]1CN(C(=O)CC(C)(C)O)CC(C)(C)O1. The second-order valence-corrected chi connectivity index (χ2v) is 6.22. The maximum Gasteiger partial charge on any atom is 0.225 e. The van der Waals surface area contributed by atoms with Crippen LogP contribution in [0.4, 0.5) is 0 Å². The van der Waals surface area contributed by atoms with Gasteiger partial charge in [0.05, 0.1) is 30.3 Å². The van der Waals surface area contributed by atoms with Crippen LogP contribution in [-0.4, -0.2) is 60.0 Å². The minimum Gasteiger partial charge on any atom is -0.390 e. The van der Waals surface area contributed by atoms with Gasteiger partial charge < -0.3 is 19.5 Å². The van der Waals surface area contributed by atoms with Crippen LogP contribution in [0.5, 0.6) is 0 Å². The number of aliphatic hydroxyl groups is 1. The van der Waals surface area contributed by atoms with Gasteiger partial charge in [-0.25, -0.2) is 0 Å². The molecule has 0 spiro atoms. The number of hydrogen-bond acceptors (Lipinski definition) is 4. The molecule has 0 bridgehead atoms. The van der Waals surface area contributed by atoms with E-state index in [1.807, 2.05) is 13.8 Å². The molecule has 1 rings (SSSR count). The zero-order valence-corrected chi connectivity index (χ0v) is 12.0. The van der Waals surface area contributed by atoms with E-state index in [1.165, 1.54) is 0 Å². The van der Waals surface area contributed by atoms with E-state index in [-0.39, 0.29) is 24.0 Å². The van der Waals surface area contributed by atoms with E-state index in [1.54, 1.807) is 25.9 Å². The third-order valence-corrected chi connectivity index (χ3v) is 2.77. The highest BCUT2D eigenvalue weighted by Gasteiger charge is 2.36. The third-order valence-electron chi connectivity index (χ3n) is 2.77. The second-order valence-electron chi connectivity index (χ2n) is 6.22. The van der Waals surface area contributed by atoms with Crippen molar-refractivity contribution in [2.24, 2.45) is 0 Å². The molecule has 0 aromatic carbocycles. The van der Waals surface area contributed by atoms with Crippen molar-refractivity contribution in [2.75, 3.05) is 26.8 Å². The minimum absolute atomic E-state index is 0.0417. The molecule has 18 heavy (non-hydrogen) atoms. The lowest BCUT2D eigenvalue weighted by Gasteiger charge is -2.43. The van der Waals surface area contributed by atoms with Crippen LogP contribution in [-0.2, 0) is 14.3 Å². The van der Waals surface area contributed by atoms with Gasteiger partial charge in [0.15, 0.2) is 0 Å². The van der Waals surface area contributed by atoms with E-state index in [0.717, 1.165) is 0 Å². The Labute approximate surface area is 109 Å². The van der Waals surface area contributed by atoms with E-state index in [4.69, 9.17) is 9.47 Å². The van der Waals surface area contributed by atoms with Gasteiger partial charge >= 0.3 is 0 Å². The standard InChI is InChI=1S/C13H25NO4/c1-12(2,16)6-11(15)14-7-10(8-17-5)18-13(3,4)9-14/h10,16H,6-9H2,1-5H3/t10-/m0/s1. The van der Waals surface area contributed by atoms with Crippen LogP contribution in [0.2, 0.25) is 0 Å². The lowest BCUT2D eigenvalue weighted by Crippen LogP contribution is -2.56. The van der Waals surface area contributed by atoms with Crippen molar-refractivity contribution in [1.29, 1.82) is 0 Å². The molecule has 1 amide bonds. The fourth-order valence-corrected chi connectivity index (χ4v) is 2.24. The Balaban J connectivity index is 2.67. The average Bonchev–Trinajstić information content (AvgIpc) is 2.12. The molecule has 0 aliphatic carbocycles. The van der Waals surface area contributed by atoms with Crippen LogP contribution in [0, 0.1) is 0 Å². The van der Waals surface area contributed by atoms with E-state index in [9.17, 15) is 9.90 Å². The van der Waals surface area contributed by atoms with Crippen molar-refractivity contribution in [3.8, 4) is 0 Å². The number of nitrogens with zero attached hydrogens (tertiary/aromatic N) is 1. The Morgan fingerprint density at radius 2 is 2.17 bits per heavy atom. The Morgan fingerprint density at radius 1 is 1.56 bits per heavy atom. The molecule has 1 fully saturated rings. The molecule has 0 aromatic heterocycles. The normalized spacial score (nSPS) is 24.1. The van der Waals surface area contributed by atoms with Crippen molar-refractivity contribution in [2.45, 2.75) is 51.4 Å². The summed E-state index contributed by atoms with van der Waals surface area (Å²) in [6.45, 7) is 8.73. The number of ether oxygens (including phenoxy) is 2. The van der Waals surface area contributed by atoms with Gasteiger partial charge in [-0.1, -0.05) is 0 Å².